The number of fused-ring (bicyclic) bond motifs is 1. The summed E-state index contributed by atoms with van der Waals surface area (Å²) in [5.41, 5.74) is 4.66. The zero-order valence-electron chi connectivity index (χ0n) is 23.8. The molecule has 4 aliphatic rings. The van der Waals surface area contributed by atoms with Gasteiger partial charge in [0.25, 0.3) is 0 Å². The fraction of sp³-hybridized carbons (Fsp3) is 0.815. The number of hydrogen-bond acceptors (Lipinski definition) is 7. The average Bonchev–Trinajstić information content (AvgIpc) is 3.55. The molecule has 6 atom stereocenters. The van der Waals surface area contributed by atoms with Crippen molar-refractivity contribution in [2.45, 2.75) is 84.0 Å². The minimum absolute atomic E-state index is 0.0368. The number of ether oxygens (including phenoxy) is 2. The van der Waals surface area contributed by atoms with Crippen molar-refractivity contribution >= 4 is 29.7 Å². The Labute approximate surface area is 229 Å². The summed E-state index contributed by atoms with van der Waals surface area (Å²) in [4.78, 5) is 66.4. The van der Waals surface area contributed by atoms with Gasteiger partial charge in [0.05, 0.1) is 6.61 Å². The van der Waals surface area contributed by atoms with Crippen LogP contribution in [0.4, 0.5) is 4.79 Å². The van der Waals surface area contributed by atoms with Gasteiger partial charge in [-0.25, -0.2) is 4.79 Å². The van der Waals surface area contributed by atoms with E-state index in [0.29, 0.717) is 13.0 Å². The molecule has 5 N–H and O–H groups in total. The number of rotatable bonds is 10. The maximum Gasteiger partial charge on any atom is 0.407 e. The average molecular weight is 550 g/mol. The molecule has 12 nitrogen and oxygen atoms in total. The van der Waals surface area contributed by atoms with Crippen molar-refractivity contribution in [2.75, 3.05) is 26.9 Å². The second kappa shape index (κ2) is 10.3. The van der Waals surface area contributed by atoms with Gasteiger partial charge in [0.15, 0.2) is 0 Å². The van der Waals surface area contributed by atoms with Crippen molar-refractivity contribution in [3.8, 4) is 0 Å². The zero-order chi connectivity index (χ0) is 28.9. The van der Waals surface area contributed by atoms with E-state index in [4.69, 9.17) is 15.2 Å². The first-order chi connectivity index (χ1) is 18.1. The Kier molecular flexibility index (Phi) is 7.65. The lowest BCUT2D eigenvalue weighted by atomic mass is 9.85. The predicted octanol–water partition coefficient (Wildman–Crippen LogP) is 0.286. The lowest BCUT2D eigenvalue weighted by molar-refractivity contribution is -0.144. The molecule has 2 saturated carbocycles. The van der Waals surface area contributed by atoms with Crippen molar-refractivity contribution in [2.24, 2.45) is 34.3 Å². The third kappa shape index (κ3) is 5.85. The van der Waals surface area contributed by atoms with Crippen LogP contribution in [0.5, 0.6) is 0 Å². The second-order valence-corrected chi connectivity index (χ2v) is 13.3. The predicted molar refractivity (Wildman–Crippen MR) is 140 cm³/mol. The second-order valence-electron chi connectivity index (χ2n) is 13.3. The van der Waals surface area contributed by atoms with E-state index in [2.05, 4.69) is 29.8 Å². The first-order valence-electron chi connectivity index (χ1n) is 13.8. The van der Waals surface area contributed by atoms with Gasteiger partial charge in [-0.15, -0.1) is 0 Å². The topological polar surface area (TPSA) is 169 Å². The zero-order valence-corrected chi connectivity index (χ0v) is 23.8. The van der Waals surface area contributed by atoms with Crippen molar-refractivity contribution in [3.05, 3.63) is 0 Å². The number of likely N-dealkylation sites (tertiary alicyclic amines) is 1. The minimum atomic E-state index is -1.03. The highest BCUT2D eigenvalue weighted by atomic mass is 16.6. The molecule has 0 aromatic heterocycles. The smallest absolute Gasteiger partial charge is 0.407 e. The lowest BCUT2D eigenvalue weighted by Gasteiger charge is -2.37. The van der Waals surface area contributed by atoms with Gasteiger partial charge in [0.1, 0.15) is 24.7 Å². The number of alkyl carbamates (subject to hydrolysis) is 1. The lowest BCUT2D eigenvalue weighted by Crippen LogP contribution is -2.60. The molecule has 39 heavy (non-hydrogen) atoms. The molecule has 12 heteroatoms. The molecule has 2 saturated heterocycles. The summed E-state index contributed by atoms with van der Waals surface area (Å²) in [6.07, 6.45) is 1.83. The van der Waals surface area contributed by atoms with Crippen LogP contribution in [0, 0.1) is 28.6 Å². The van der Waals surface area contributed by atoms with Gasteiger partial charge < -0.3 is 36.1 Å². The normalized spacial score (nSPS) is 29.2. The van der Waals surface area contributed by atoms with Crippen LogP contribution in [0.25, 0.3) is 0 Å². The molecule has 218 valence electrons. The Morgan fingerprint density at radius 3 is 2.36 bits per heavy atom. The SMILES string of the molecule is COCCOC(=O)N[C@H](C(=O)N1C[C@H]2[C@@H]([C@H]1C(=O)N[C@@H](C[C@@H]1CC3(CC3)NC1=O)C(N)=O)C2(C)C)C(C)(C)C. The maximum atomic E-state index is 13.9. The van der Waals surface area contributed by atoms with E-state index < -0.39 is 53.3 Å². The number of nitrogens with two attached hydrogens (primary N) is 1. The molecule has 2 aliphatic heterocycles. The molecular formula is C27H43N5O7. The summed E-state index contributed by atoms with van der Waals surface area (Å²) in [6, 6.07) is -2.82. The van der Waals surface area contributed by atoms with E-state index in [0.717, 1.165) is 12.8 Å². The molecule has 1 spiro atoms. The number of primary amides is 1. The number of piperidine rings is 1. The third-order valence-corrected chi connectivity index (χ3v) is 9.09. The fourth-order valence-corrected chi connectivity index (χ4v) is 6.44. The largest absolute Gasteiger partial charge is 0.447 e. The van der Waals surface area contributed by atoms with Gasteiger partial charge in [0, 0.05) is 25.1 Å². The molecule has 4 rings (SSSR count). The number of nitrogens with one attached hydrogen (secondary N) is 3. The summed E-state index contributed by atoms with van der Waals surface area (Å²) >= 11 is 0. The minimum Gasteiger partial charge on any atom is -0.447 e. The van der Waals surface area contributed by atoms with Crippen LogP contribution in [0.1, 0.15) is 60.3 Å². The number of carbonyl (C=O) groups excluding carboxylic acids is 5. The number of methoxy groups -OCH3 is 1. The van der Waals surface area contributed by atoms with Crippen LogP contribution < -0.4 is 21.7 Å². The fourth-order valence-electron chi connectivity index (χ4n) is 6.44. The summed E-state index contributed by atoms with van der Waals surface area (Å²) in [7, 11) is 1.49. The van der Waals surface area contributed by atoms with Crippen molar-refractivity contribution in [1.29, 1.82) is 0 Å². The van der Waals surface area contributed by atoms with Gasteiger partial charge in [-0.05, 0) is 48.3 Å². The summed E-state index contributed by atoms with van der Waals surface area (Å²) in [6.45, 7) is 10.2. The Balaban J connectivity index is 1.49. The van der Waals surface area contributed by atoms with Crippen LogP contribution in [0.15, 0.2) is 0 Å². The number of nitrogens with zero attached hydrogens (tertiary/aromatic N) is 1. The molecule has 4 fully saturated rings. The molecule has 0 radical (unpaired) electrons. The van der Waals surface area contributed by atoms with Crippen LogP contribution >= 0.6 is 0 Å². The third-order valence-electron chi connectivity index (χ3n) is 9.09. The van der Waals surface area contributed by atoms with E-state index in [1.807, 2.05) is 20.8 Å². The molecule has 0 unspecified atom stereocenters. The van der Waals surface area contributed by atoms with Gasteiger partial charge in [-0.2, -0.15) is 0 Å². The maximum absolute atomic E-state index is 13.9. The molecule has 2 heterocycles. The van der Waals surface area contributed by atoms with Gasteiger partial charge in [-0.3, -0.25) is 19.2 Å². The van der Waals surface area contributed by atoms with Crippen LogP contribution in [-0.4, -0.2) is 85.2 Å². The van der Waals surface area contributed by atoms with Crippen molar-refractivity contribution in [3.63, 3.8) is 0 Å². The Morgan fingerprint density at radius 1 is 1.15 bits per heavy atom. The summed E-state index contributed by atoms with van der Waals surface area (Å²) in [5.74, 6) is -2.11. The number of carbonyl (C=O) groups is 5. The molecule has 0 aromatic carbocycles. The van der Waals surface area contributed by atoms with Gasteiger partial charge >= 0.3 is 6.09 Å². The van der Waals surface area contributed by atoms with E-state index in [1.165, 1.54) is 12.0 Å². The Bertz CT molecular complexity index is 1030. The Hall–Kier alpha value is -2.89. The highest BCUT2D eigenvalue weighted by molar-refractivity contribution is 5.95. The van der Waals surface area contributed by atoms with Crippen LogP contribution in [0.3, 0.4) is 0 Å². The van der Waals surface area contributed by atoms with Gasteiger partial charge in [0.2, 0.25) is 23.6 Å². The van der Waals surface area contributed by atoms with Crippen molar-refractivity contribution < 1.29 is 33.4 Å². The monoisotopic (exact) mass is 549 g/mol. The van der Waals surface area contributed by atoms with E-state index >= 15 is 0 Å². The summed E-state index contributed by atoms with van der Waals surface area (Å²) < 4.78 is 10.0. The van der Waals surface area contributed by atoms with E-state index in [9.17, 15) is 24.0 Å². The van der Waals surface area contributed by atoms with Crippen molar-refractivity contribution in [1.82, 2.24) is 20.9 Å². The van der Waals surface area contributed by atoms with Crippen LogP contribution in [0.2, 0.25) is 0 Å². The van der Waals surface area contributed by atoms with E-state index in [1.54, 1.807) is 0 Å². The molecule has 2 aliphatic carbocycles. The number of amides is 5. The highest BCUT2D eigenvalue weighted by Gasteiger charge is 2.70. The first-order valence-corrected chi connectivity index (χ1v) is 13.8. The standard InChI is InChI=1S/C27H43N5O7/c1-25(2,3)19(30-24(37)39-10-9-38-6)23(36)32-13-15-17(26(15,4)5)18(32)22(35)29-16(20(28)33)11-14-12-27(7-8-27)31-21(14)34/h14-19H,7-13H2,1-6H3,(H2,28,33)(H,29,35)(H,30,37)(H,31,34)/t14-,15+,16+,17+,18+,19-/m1/s1. The van der Waals surface area contributed by atoms with E-state index in [-0.39, 0.29) is 48.3 Å². The summed E-state index contributed by atoms with van der Waals surface area (Å²) in [5, 5.41) is 8.45. The Morgan fingerprint density at radius 2 is 1.82 bits per heavy atom. The molecule has 5 amide bonds. The molecular weight excluding hydrogens is 506 g/mol. The van der Waals surface area contributed by atoms with Gasteiger partial charge in [-0.1, -0.05) is 34.6 Å². The highest BCUT2D eigenvalue weighted by Crippen LogP contribution is 2.65. The quantitative estimate of drug-likeness (QED) is 0.284. The van der Waals surface area contributed by atoms with Crippen LogP contribution in [-0.2, 0) is 28.7 Å². The molecule has 0 bridgehead atoms. The number of hydrogen-bond donors (Lipinski definition) is 4. The first kappa shape index (κ1) is 29.1. The molecule has 0 aromatic rings.